The van der Waals surface area contributed by atoms with Gasteiger partial charge < -0.3 is 5.32 Å². The number of carbonyl (C=O) groups is 1. The van der Waals surface area contributed by atoms with Gasteiger partial charge in [0.15, 0.2) is 0 Å². The maximum Gasteiger partial charge on any atom is 0.244 e. The van der Waals surface area contributed by atoms with Crippen molar-refractivity contribution in [3.63, 3.8) is 0 Å². The summed E-state index contributed by atoms with van der Waals surface area (Å²) in [6.45, 7) is 3.64. The quantitative estimate of drug-likeness (QED) is 0.758. The van der Waals surface area contributed by atoms with Gasteiger partial charge >= 0.3 is 0 Å². The number of rotatable bonds is 3. The minimum atomic E-state index is -0.272. The molecule has 1 aromatic carbocycles. The molecule has 0 aliphatic carbocycles. The van der Waals surface area contributed by atoms with Crippen molar-refractivity contribution < 1.29 is 9.18 Å². The number of halogens is 1. The molecule has 1 amide bonds. The van der Waals surface area contributed by atoms with Crippen molar-refractivity contribution >= 4 is 5.91 Å². The Morgan fingerprint density at radius 1 is 1.40 bits per heavy atom. The van der Waals surface area contributed by atoms with E-state index in [-0.39, 0.29) is 17.8 Å². The van der Waals surface area contributed by atoms with Gasteiger partial charge in [0.1, 0.15) is 5.82 Å². The Bertz CT molecular complexity index is 356. The molecule has 0 bridgehead atoms. The van der Waals surface area contributed by atoms with Crippen molar-refractivity contribution in [2.24, 2.45) is 0 Å². The molecular weight excluding hydrogens is 193 g/mol. The van der Waals surface area contributed by atoms with E-state index in [0.29, 0.717) is 0 Å². The fourth-order valence-corrected chi connectivity index (χ4v) is 1.25. The predicted octanol–water partition coefficient (Wildman–Crippen LogP) is 2.58. The van der Waals surface area contributed by atoms with Crippen molar-refractivity contribution in [3.05, 3.63) is 47.8 Å². The highest BCUT2D eigenvalue weighted by Crippen LogP contribution is 2.12. The second-order valence-electron chi connectivity index (χ2n) is 3.28. The fraction of sp³-hybridized carbons (Fsp3) is 0.250. The Morgan fingerprint density at radius 3 is 2.53 bits per heavy atom. The zero-order valence-electron chi connectivity index (χ0n) is 8.83. The molecule has 0 heterocycles. The van der Waals surface area contributed by atoms with E-state index >= 15 is 0 Å². The van der Waals surface area contributed by atoms with Crippen molar-refractivity contribution in [3.8, 4) is 0 Å². The standard InChI is InChI=1S/C12H14FNO/c1-3-4-12(15)14-9(2)10-5-7-11(13)8-6-10/h3-9H,1-2H3,(H,14,15). The summed E-state index contributed by atoms with van der Waals surface area (Å²) in [5, 5.41) is 2.77. The van der Waals surface area contributed by atoms with Crippen LogP contribution in [0.15, 0.2) is 36.4 Å². The van der Waals surface area contributed by atoms with Gasteiger partial charge in [0.25, 0.3) is 0 Å². The molecule has 1 atom stereocenters. The van der Waals surface area contributed by atoms with Crippen LogP contribution in [0.3, 0.4) is 0 Å². The first-order chi connectivity index (χ1) is 7.13. The minimum absolute atomic E-state index is 0.116. The summed E-state index contributed by atoms with van der Waals surface area (Å²) >= 11 is 0. The van der Waals surface area contributed by atoms with Crippen LogP contribution in [-0.2, 0) is 4.79 Å². The first kappa shape index (κ1) is 11.4. The Labute approximate surface area is 88.8 Å². The number of nitrogens with one attached hydrogen (secondary N) is 1. The van der Waals surface area contributed by atoms with Crippen molar-refractivity contribution in [2.45, 2.75) is 19.9 Å². The maximum atomic E-state index is 12.6. The largest absolute Gasteiger partial charge is 0.346 e. The van der Waals surface area contributed by atoms with Gasteiger partial charge in [-0.25, -0.2) is 4.39 Å². The number of carbonyl (C=O) groups excluding carboxylic acids is 1. The second-order valence-corrected chi connectivity index (χ2v) is 3.28. The van der Waals surface area contributed by atoms with Crippen LogP contribution in [0.25, 0.3) is 0 Å². The molecule has 0 saturated carbocycles. The summed E-state index contributed by atoms with van der Waals surface area (Å²) in [7, 11) is 0. The maximum absolute atomic E-state index is 12.6. The molecule has 1 unspecified atom stereocenters. The Hall–Kier alpha value is -1.64. The van der Waals surface area contributed by atoms with E-state index in [9.17, 15) is 9.18 Å². The molecule has 1 N–H and O–H groups in total. The predicted molar refractivity (Wildman–Crippen MR) is 57.8 cm³/mol. The summed E-state index contributed by atoms with van der Waals surface area (Å²) in [4.78, 5) is 11.2. The molecule has 0 spiro atoms. The number of benzene rings is 1. The first-order valence-electron chi connectivity index (χ1n) is 4.82. The third-order valence-electron chi connectivity index (χ3n) is 2.05. The van der Waals surface area contributed by atoms with E-state index < -0.39 is 0 Å². The highest BCUT2D eigenvalue weighted by Gasteiger charge is 2.06. The zero-order chi connectivity index (χ0) is 11.3. The van der Waals surface area contributed by atoms with Crippen molar-refractivity contribution in [2.75, 3.05) is 0 Å². The smallest absolute Gasteiger partial charge is 0.244 e. The lowest BCUT2D eigenvalue weighted by molar-refractivity contribution is -0.117. The van der Waals surface area contributed by atoms with E-state index in [2.05, 4.69) is 5.32 Å². The number of amides is 1. The van der Waals surface area contributed by atoms with Crippen LogP contribution in [0.1, 0.15) is 25.5 Å². The van der Waals surface area contributed by atoms with Crippen molar-refractivity contribution in [1.29, 1.82) is 0 Å². The molecule has 1 aromatic rings. The van der Waals surface area contributed by atoms with Crippen LogP contribution in [0, 0.1) is 5.82 Å². The van der Waals surface area contributed by atoms with Gasteiger partial charge in [-0.05, 0) is 37.6 Å². The number of hydrogen-bond donors (Lipinski definition) is 1. The lowest BCUT2D eigenvalue weighted by atomic mass is 10.1. The number of allylic oxidation sites excluding steroid dienone is 1. The van der Waals surface area contributed by atoms with Crippen LogP contribution in [0.4, 0.5) is 4.39 Å². The number of hydrogen-bond acceptors (Lipinski definition) is 1. The molecule has 2 nitrogen and oxygen atoms in total. The topological polar surface area (TPSA) is 29.1 Å². The van der Waals surface area contributed by atoms with Crippen LogP contribution >= 0.6 is 0 Å². The van der Waals surface area contributed by atoms with E-state index in [4.69, 9.17) is 0 Å². The van der Waals surface area contributed by atoms with E-state index in [1.165, 1.54) is 18.2 Å². The summed E-state index contributed by atoms with van der Waals surface area (Å²) in [5.41, 5.74) is 0.884. The summed E-state index contributed by atoms with van der Waals surface area (Å²) in [5.74, 6) is -0.417. The van der Waals surface area contributed by atoms with Crippen LogP contribution in [-0.4, -0.2) is 5.91 Å². The molecule has 3 heteroatoms. The van der Waals surface area contributed by atoms with Crippen LogP contribution < -0.4 is 5.32 Å². The van der Waals surface area contributed by atoms with Gasteiger partial charge in [0, 0.05) is 0 Å². The van der Waals surface area contributed by atoms with Gasteiger partial charge in [-0.2, -0.15) is 0 Å². The highest BCUT2D eigenvalue weighted by atomic mass is 19.1. The average Bonchev–Trinajstić information content (AvgIpc) is 2.18. The first-order valence-corrected chi connectivity index (χ1v) is 4.82. The van der Waals surface area contributed by atoms with Gasteiger partial charge in [-0.1, -0.05) is 18.2 Å². The molecule has 80 valence electrons. The molecule has 0 aromatic heterocycles. The Kier molecular flexibility index (Phi) is 4.03. The molecule has 0 aliphatic rings. The van der Waals surface area contributed by atoms with Crippen LogP contribution in [0.2, 0.25) is 0 Å². The molecule has 0 saturated heterocycles. The molecule has 0 radical (unpaired) electrons. The molecule has 0 fully saturated rings. The molecule has 1 rings (SSSR count). The fourth-order valence-electron chi connectivity index (χ4n) is 1.25. The molecule has 15 heavy (non-hydrogen) atoms. The van der Waals surface area contributed by atoms with Gasteiger partial charge in [0.05, 0.1) is 6.04 Å². The molecule has 0 aliphatic heterocycles. The van der Waals surface area contributed by atoms with E-state index in [1.54, 1.807) is 25.1 Å². The molecular formula is C12H14FNO. The third-order valence-corrected chi connectivity index (χ3v) is 2.05. The monoisotopic (exact) mass is 207 g/mol. The normalized spacial score (nSPS) is 12.7. The zero-order valence-corrected chi connectivity index (χ0v) is 8.83. The highest BCUT2D eigenvalue weighted by molar-refractivity contribution is 5.87. The summed E-state index contributed by atoms with van der Waals surface area (Å²) in [6, 6.07) is 5.97. The lowest BCUT2D eigenvalue weighted by Crippen LogP contribution is -2.24. The minimum Gasteiger partial charge on any atom is -0.346 e. The SMILES string of the molecule is CC=CC(=O)NC(C)c1ccc(F)cc1. The van der Waals surface area contributed by atoms with Gasteiger partial charge in [0.2, 0.25) is 5.91 Å². The van der Waals surface area contributed by atoms with Gasteiger partial charge in [-0.3, -0.25) is 4.79 Å². The Balaban J connectivity index is 2.64. The van der Waals surface area contributed by atoms with E-state index in [0.717, 1.165) is 5.56 Å². The van der Waals surface area contributed by atoms with Crippen LogP contribution in [0.5, 0.6) is 0 Å². The third kappa shape index (κ3) is 3.54. The second kappa shape index (κ2) is 5.29. The summed E-state index contributed by atoms with van der Waals surface area (Å²) < 4.78 is 12.6. The van der Waals surface area contributed by atoms with Gasteiger partial charge in [-0.15, -0.1) is 0 Å². The average molecular weight is 207 g/mol. The summed E-state index contributed by atoms with van der Waals surface area (Å²) in [6.07, 6.45) is 3.13. The van der Waals surface area contributed by atoms with E-state index in [1.807, 2.05) is 6.92 Å². The van der Waals surface area contributed by atoms with Crippen molar-refractivity contribution in [1.82, 2.24) is 5.32 Å². The Morgan fingerprint density at radius 2 is 2.00 bits per heavy atom. The lowest BCUT2D eigenvalue weighted by Gasteiger charge is -2.12.